The number of halogens is 1. The number of anilines is 3. The van der Waals surface area contributed by atoms with E-state index in [-0.39, 0.29) is 0 Å². The molecule has 2 heterocycles. The molecule has 3 N–H and O–H groups in total. The van der Waals surface area contributed by atoms with Gasteiger partial charge < -0.3 is 11.1 Å². The van der Waals surface area contributed by atoms with Gasteiger partial charge in [0.2, 0.25) is 0 Å². The standard InChI is InChI=1S/C10H10ClN3S/c1-6-4-9(13-5-7(6)12)14-10-3-2-8(11)15-10/h2-5H,12H2,1H3,(H,13,14). The number of thiophene rings is 1. The highest BCUT2D eigenvalue weighted by Gasteiger charge is 2.01. The van der Waals surface area contributed by atoms with Crippen LogP contribution in [-0.2, 0) is 0 Å². The molecule has 0 unspecified atom stereocenters. The van der Waals surface area contributed by atoms with Crippen molar-refractivity contribution in [2.45, 2.75) is 6.92 Å². The van der Waals surface area contributed by atoms with E-state index in [1.54, 1.807) is 6.20 Å². The van der Waals surface area contributed by atoms with Crippen molar-refractivity contribution in [1.29, 1.82) is 0 Å². The number of rotatable bonds is 2. The maximum atomic E-state index is 5.82. The average molecular weight is 240 g/mol. The maximum Gasteiger partial charge on any atom is 0.131 e. The monoisotopic (exact) mass is 239 g/mol. The number of pyridine rings is 1. The van der Waals surface area contributed by atoms with E-state index in [4.69, 9.17) is 17.3 Å². The van der Waals surface area contributed by atoms with Gasteiger partial charge in [-0.25, -0.2) is 4.98 Å². The SMILES string of the molecule is Cc1cc(Nc2ccc(Cl)s2)ncc1N. The van der Waals surface area contributed by atoms with E-state index < -0.39 is 0 Å². The molecular formula is C10H10ClN3S. The molecular weight excluding hydrogens is 230 g/mol. The van der Waals surface area contributed by atoms with Crippen LogP contribution in [-0.4, -0.2) is 4.98 Å². The molecule has 15 heavy (non-hydrogen) atoms. The zero-order valence-corrected chi connectivity index (χ0v) is 9.69. The van der Waals surface area contributed by atoms with Gasteiger partial charge in [0.25, 0.3) is 0 Å². The van der Waals surface area contributed by atoms with Gasteiger partial charge in [0.05, 0.1) is 21.2 Å². The second-order valence-electron chi connectivity index (χ2n) is 3.15. The van der Waals surface area contributed by atoms with Crippen molar-refractivity contribution >= 4 is 39.4 Å². The summed E-state index contributed by atoms with van der Waals surface area (Å²) in [4.78, 5) is 4.17. The Hall–Kier alpha value is -1.26. The Morgan fingerprint density at radius 3 is 2.87 bits per heavy atom. The number of nitrogens with one attached hydrogen (secondary N) is 1. The summed E-state index contributed by atoms with van der Waals surface area (Å²) in [5.41, 5.74) is 7.39. The molecule has 0 bridgehead atoms. The Morgan fingerprint density at radius 1 is 1.47 bits per heavy atom. The number of hydrogen-bond donors (Lipinski definition) is 2. The summed E-state index contributed by atoms with van der Waals surface area (Å²) >= 11 is 7.30. The minimum Gasteiger partial charge on any atom is -0.397 e. The third-order valence-electron chi connectivity index (χ3n) is 1.98. The van der Waals surface area contributed by atoms with Crippen molar-refractivity contribution in [3.63, 3.8) is 0 Å². The lowest BCUT2D eigenvalue weighted by Gasteiger charge is -2.04. The molecule has 0 radical (unpaired) electrons. The molecule has 0 amide bonds. The molecule has 2 aromatic rings. The van der Waals surface area contributed by atoms with E-state index >= 15 is 0 Å². The lowest BCUT2D eigenvalue weighted by Crippen LogP contribution is -1.95. The molecule has 3 nitrogen and oxygen atoms in total. The minimum atomic E-state index is 0.699. The van der Waals surface area contributed by atoms with Gasteiger partial charge in [-0.3, -0.25) is 0 Å². The van der Waals surface area contributed by atoms with Gasteiger partial charge in [-0.05, 0) is 30.7 Å². The molecule has 0 aliphatic rings. The fourth-order valence-electron chi connectivity index (χ4n) is 1.14. The summed E-state index contributed by atoms with van der Waals surface area (Å²) in [6.45, 7) is 1.95. The molecule has 5 heteroatoms. The van der Waals surface area contributed by atoms with Crippen LogP contribution in [0.25, 0.3) is 0 Å². The summed E-state index contributed by atoms with van der Waals surface area (Å²) in [5, 5.41) is 4.13. The Morgan fingerprint density at radius 2 is 2.27 bits per heavy atom. The summed E-state index contributed by atoms with van der Waals surface area (Å²) in [5.74, 6) is 0.778. The maximum absolute atomic E-state index is 5.82. The van der Waals surface area contributed by atoms with E-state index in [0.717, 1.165) is 20.7 Å². The summed E-state index contributed by atoms with van der Waals surface area (Å²) in [7, 11) is 0. The minimum absolute atomic E-state index is 0.699. The first-order chi connectivity index (χ1) is 7.15. The van der Waals surface area contributed by atoms with Gasteiger partial charge >= 0.3 is 0 Å². The van der Waals surface area contributed by atoms with Crippen LogP contribution in [0, 0.1) is 6.92 Å². The van der Waals surface area contributed by atoms with Gasteiger partial charge in [0, 0.05) is 0 Å². The highest BCUT2D eigenvalue weighted by molar-refractivity contribution is 7.19. The fourth-order valence-corrected chi connectivity index (χ4v) is 2.09. The van der Waals surface area contributed by atoms with Crippen LogP contribution in [0.5, 0.6) is 0 Å². The molecule has 78 valence electrons. The number of hydrogen-bond acceptors (Lipinski definition) is 4. The largest absolute Gasteiger partial charge is 0.397 e. The first kappa shape index (κ1) is 10.3. The summed E-state index contributed by atoms with van der Waals surface area (Å²) in [6, 6.07) is 5.67. The third kappa shape index (κ3) is 2.40. The van der Waals surface area contributed by atoms with Crippen molar-refractivity contribution in [3.05, 3.63) is 34.3 Å². The molecule has 0 saturated carbocycles. The fraction of sp³-hybridized carbons (Fsp3) is 0.100. The van der Waals surface area contributed by atoms with Crippen LogP contribution in [0.1, 0.15) is 5.56 Å². The van der Waals surface area contributed by atoms with Crippen molar-refractivity contribution in [3.8, 4) is 0 Å². The van der Waals surface area contributed by atoms with Crippen molar-refractivity contribution < 1.29 is 0 Å². The molecule has 0 aliphatic heterocycles. The molecule has 0 aliphatic carbocycles. The lowest BCUT2D eigenvalue weighted by molar-refractivity contribution is 1.28. The Kier molecular flexibility index (Phi) is 2.79. The van der Waals surface area contributed by atoms with Crippen LogP contribution in [0.3, 0.4) is 0 Å². The van der Waals surface area contributed by atoms with E-state index in [1.807, 2.05) is 25.1 Å². The zero-order valence-electron chi connectivity index (χ0n) is 8.12. The van der Waals surface area contributed by atoms with Gasteiger partial charge in [-0.2, -0.15) is 0 Å². The van der Waals surface area contributed by atoms with Gasteiger partial charge in [0.1, 0.15) is 5.82 Å². The normalized spacial score (nSPS) is 10.3. The van der Waals surface area contributed by atoms with Crippen LogP contribution in [0.2, 0.25) is 4.34 Å². The van der Waals surface area contributed by atoms with E-state index in [0.29, 0.717) is 5.69 Å². The number of nitrogens with two attached hydrogens (primary N) is 1. The topological polar surface area (TPSA) is 50.9 Å². The Bertz CT molecular complexity index is 481. The first-order valence-corrected chi connectivity index (χ1v) is 5.59. The number of nitrogen functional groups attached to an aromatic ring is 1. The predicted molar refractivity (Wildman–Crippen MR) is 66.0 cm³/mol. The van der Waals surface area contributed by atoms with Gasteiger partial charge in [0.15, 0.2) is 0 Å². The van der Waals surface area contributed by atoms with E-state index in [1.165, 1.54) is 11.3 Å². The van der Waals surface area contributed by atoms with Gasteiger partial charge in [-0.15, -0.1) is 11.3 Å². The smallest absolute Gasteiger partial charge is 0.131 e. The number of aryl methyl sites for hydroxylation is 1. The van der Waals surface area contributed by atoms with E-state index in [9.17, 15) is 0 Å². The molecule has 0 fully saturated rings. The molecule has 2 rings (SSSR count). The summed E-state index contributed by atoms with van der Waals surface area (Å²) in [6.07, 6.45) is 1.65. The highest BCUT2D eigenvalue weighted by Crippen LogP contribution is 2.28. The molecule has 0 saturated heterocycles. The lowest BCUT2D eigenvalue weighted by atomic mass is 10.2. The van der Waals surface area contributed by atoms with Crippen LogP contribution >= 0.6 is 22.9 Å². The molecule has 0 aromatic carbocycles. The van der Waals surface area contributed by atoms with Crippen molar-refractivity contribution in [2.75, 3.05) is 11.1 Å². The van der Waals surface area contributed by atoms with Crippen LogP contribution in [0.15, 0.2) is 24.4 Å². The second kappa shape index (κ2) is 4.08. The highest BCUT2D eigenvalue weighted by atomic mass is 35.5. The quantitative estimate of drug-likeness (QED) is 0.844. The van der Waals surface area contributed by atoms with Crippen molar-refractivity contribution in [1.82, 2.24) is 4.98 Å². The molecule has 0 atom stereocenters. The van der Waals surface area contributed by atoms with Crippen LogP contribution in [0.4, 0.5) is 16.5 Å². The Labute approximate surface area is 96.9 Å². The number of aromatic nitrogens is 1. The molecule has 0 spiro atoms. The first-order valence-electron chi connectivity index (χ1n) is 4.39. The van der Waals surface area contributed by atoms with Gasteiger partial charge in [-0.1, -0.05) is 11.6 Å². The summed E-state index contributed by atoms with van der Waals surface area (Å²) < 4.78 is 0.754. The molecule has 2 aromatic heterocycles. The van der Waals surface area contributed by atoms with Crippen LogP contribution < -0.4 is 11.1 Å². The Balaban J connectivity index is 2.21. The van der Waals surface area contributed by atoms with E-state index in [2.05, 4.69) is 10.3 Å². The predicted octanol–water partition coefficient (Wildman–Crippen LogP) is 3.43. The van der Waals surface area contributed by atoms with Crippen molar-refractivity contribution in [2.24, 2.45) is 0 Å². The second-order valence-corrected chi connectivity index (χ2v) is 4.87. The average Bonchev–Trinajstić information content (AvgIpc) is 2.58. The third-order valence-corrected chi connectivity index (χ3v) is 3.12. The number of nitrogens with zero attached hydrogens (tertiary/aromatic N) is 1. The zero-order chi connectivity index (χ0) is 10.8.